The van der Waals surface area contributed by atoms with E-state index in [-0.39, 0.29) is 22.9 Å². The maximum absolute atomic E-state index is 12.7. The van der Waals surface area contributed by atoms with Crippen molar-refractivity contribution in [2.24, 2.45) is 7.05 Å². The molecule has 0 radical (unpaired) electrons. The molecule has 1 saturated heterocycles. The predicted octanol–water partition coefficient (Wildman–Crippen LogP) is 2.73. The van der Waals surface area contributed by atoms with Gasteiger partial charge >= 0.3 is 0 Å². The second-order valence-corrected chi connectivity index (χ2v) is 6.91. The fourth-order valence-electron chi connectivity index (χ4n) is 3.85. The fraction of sp³-hybridized carbons (Fsp3) is 0.238. The zero-order valence-electron chi connectivity index (χ0n) is 15.4. The smallest absolute Gasteiger partial charge is 0.235 e. The lowest BCUT2D eigenvalue weighted by molar-refractivity contribution is 0.101. The molecule has 7 nitrogen and oxygen atoms in total. The number of nitrogens with zero attached hydrogens (tertiary/aromatic N) is 3. The summed E-state index contributed by atoms with van der Waals surface area (Å²) in [5.41, 5.74) is 2.96. The Balaban J connectivity index is 1.63. The van der Waals surface area contributed by atoms with Crippen molar-refractivity contribution in [2.75, 3.05) is 31.2 Å². The molecule has 28 heavy (non-hydrogen) atoms. The van der Waals surface area contributed by atoms with Crippen LogP contribution < -0.4 is 9.64 Å². The summed E-state index contributed by atoms with van der Waals surface area (Å²) in [6, 6.07) is 6.81. The number of ether oxygens (including phenoxy) is 2. The quantitative estimate of drug-likeness (QED) is 0.692. The van der Waals surface area contributed by atoms with E-state index in [4.69, 9.17) is 9.47 Å². The molecule has 4 heterocycles. The molecular formula is C21H19N3O4. The zero-order chi connectivity index (χ0) is 19.3. The Hall–Kier alpha value is -3.32. The third-order valence-corrected chi connectivity index (χ3v) is 5.18. The van der Waals surface area contributed by atoms with E-state index in [1.54, 1.807) is 24.4 Å². The number of phenolic OH excluding ortho intramolecular Hbond substituents is 1. The first-order valence-electron chi connectivity index (χ1n) is 9.16. The largest absolute Gasteiger partial charge is 0.507 e. The number of phenols is 1. The SMILES string of the molecule is Cn1cc(C=C2Oc3cccc(O)c3C2=O)c2c(N3CCOCC3)ccnc21. The second kappa shape index (κ2) is 6.38. The number of benzene rings is 1. The topological polar surface area (TPSA) is 76.8 Å². The van der Waals surface area contributed by atoms with Crippen LogP contribution in [0.3, 0.4) is 0 Å². The van der Waals surface area contributed by atoms with Crippen LogP contribution in [0.2, 0.25) is 0 Å². The third kappa shape index (κ3) is 2.55. The first-order valence-corrected chi connectivity index (χ1v) is 9.16. The van der Waals surface area contributed by atoms with Gasteiger partial charge in [-0.3, -0.25) is 4.79 Å². The van der Waals surface area contributed by atoms with E-state index in [0.29, 0.717) is 19.0 Å². The van der Waals surface area contributed by atoms with Gasteiger partial charge in [0, 0.05) is 43.5 Å². The molecule has 0 unspecified atom stereocenters. The number of anilines is 1. The molecular weight excluding hydrogens is 358 g/mol. The van der Waals surface area contributed by atoms with Gasteiger partial charge in [-0.05, 0) is 24.3 Å². The highest BCUT2D eigenvalue weighted by Crippen LogP contribution is 2.38. The number of hydrogen-bond acceptors (Lipinski definition) is 6. The van der Waals surface area contributed by atoms with Crippen LogP contribution in [-0.4, -0.2) is 46.7 Å². The van der Waals surface area contributed by atoms with Crippen LogP contribution in [0.15, 0.2) is 42.4 Å². The van der Waals surface area contributed by atoms with E-state index in [1.165, 1.54) is 6.07 Å². The van der Waals surface area contributed by atoms with Gasteiger partial charge in [0.2, 0.25) is 5.78 Å². The van der Waals surface area contributed by atoms with E-state index >= 15 is 0 Å². The van der Waals surface area contributed by atoms with Crippen molar-refractivity contribution < 1.29 is 19.4 Å². The molecule has 0 spiro atoms. The summed E-state index contributed by atoms with van der Waals surface area (Å²) in [5.74, 6) is 0.185. The molecule has 0 atom stereocenters. The normalized spacial score (nSPS) is 18.0. The van der Waals surface area contributed by atoms with Gasteiger partial charge in [0.25, 0.3) is 0 Å². The van der Waals surface area contributed by atoms with Crippen molar-refractivity contribution in [3.63, 3.8) is 0 Å². The van der Waals surface area contributed by atoms with Gasteiger partial charge in [-0.15, -0.1) is 0 Å². The van der Waals surface area contributed by atoms with Crippen LogP contribution in [0.25, 0.3) is 17.1 Å². The standard InChI is InChI=1S/C21H19N3O4/c1-23-12-13(11-17-20(26)19-15(25)3-2-4-16(19)28-17)18-14(5-6-22-21(18)23)24-7-9-27-10-8-24/h2-6,11-12,25H,7-10H2,1H3. The number of pyridine rings is 1. The number of rotatable bonds is 2. The van der Waals surface area contributed by atoms with Crippen LogP contribution in [0, 0.1) is 0 Å². The average molecular weight is 377 g/mol. The number of carbonyl (C=O) groups excluding carboxylic acids is 1. The highest BCUT2D eigenvalue weighted by atomic mass is 16.5. The number of hydrogen-bond donors (Lipinski definition) is 1. The number of carbonyl (C=O) groups is 1. The van der Waals surface area contributed by atoms with Crippen molar-refractivity contribution in [2.45, 2.75) is 0 Å². The molecule has 1 fully saturated rings. The lowest BCUT2D eigenvalue weighted by Gasteiger charge is -2.29. The highest BCUT2D eigenvalue weighted by Gasteiger charge is 2.31. The Kier molecular flexibility index (Phi) is 3.84. The van der Waals surface area contributed by atoms with Gasteiger partial charge in [-0.2, -0.15) is 0 Å². The number of Topliss-reactive ketones (excluding diaryl/α,β-unsaturated/α-hetero) is 1. The Bertz CT molecular complexity index is 1130. The maximum Gasteiger partial charge on any atom is 0.235 e. The molecule has 1 aromatic carbocycles. The molecule has 0 saturated carbocycles. The Labute approximate surface area is 161 Å². The molecule has 0 amide bonds. The number of aromatic hydroxyl groups is 1. The van der Waals surface area contributed by atoms with Crippen LogP contribution in [0.1, 0.15) is 15.9 Å². The summed E-state index contributed by atoms with van der Waals surface area (Å²) in [5, 5.41) is 11.0. The Morgan fingerprint density at radius 1 is 1.21 bits per heavy atom. The van der Waals surface area contributed by atoms with E-state index in [0.717, 1.165) is 35.4 Å². The number of fused-ring (bicyclic) bond motifs is 2. The van der Waals surface area contributed by atoms with Crippen LogP contribution in [-0.2, 0) is 11.8 Å². The summed E-state index contributed by atoms with van der Waals surface area (Å²) in [4.78, 5) is 19.5. The first-order chi connectivity index (χ1) is 13.6. The van der Waals surface area contributed by atoms with Gasteiger partial charge in [-0.1, -0.05) is 6.07 Å². The molecule has 7 heteroatoms. The van der Waals surface area contributed by atoms with E-state index in [1.807, 2.05) is 23.9 Å². The molecule has 5 rings (SSSR count). The molecule has 2 aromatic heterocycles. The van der Waals surface area contributed by atoms with Gasteiger partial charge in [0.05, 0.1) is 18.9 Å². The van der Waals surface area contributed by atoms with Gasteiger partial charge < -0.3 is 24.0 Å². The molecule has 0 aliphatic carbocycles. The van der Waals surface area contributed by atoms with Crippen molar-refractivity contribution in [3.8, 4) is 11.5 Å². The van der Waals surface area contributed by atoms with Gasteiger partial charge in [0.15, 0.2) is 5.76 Å². The number of morpholine rings is 1. The van der Waals surface area contributed by atoms with Crippen LogP contribution in [0.4, 0.5) is 5.69 Å². The molecule has 0 bridgehead atoms. The summed E-state index contributed by atoms with van der Waals surface area (Å²) < 4.78 is 13.2. The predicted molar refractivity (Wildman–Crippen MR) is 105 cm³/mol. The molecule has 1 N–H and O–H groups in total. The molecule has 3 aromatic rings. The molecule has 142 valence electrons. The van der Waals surface area contributed by atoms with Gasteiger partial charge in [0.1, 0.15) is 22.7 Å². The summed E-state index contributed by atoms with van der Waals surface area (Å²) in [7, 11) is 1.93. The monoisotopic (exact) mass is 377 g/mol. The van der Waals surface area contributed by atoms with E-state index < -0.39 is 0 Å². The summed E-state index contributed by atoms with van der Waals surface area (Å²) in [6.07, 6.45) is 5.47. The molecule has 2 aliphatic heterocycles. The number of ketones is 1. The maximum atomic E-state index is 12.7. The minimum absolute atomic E-state index is 0.0699. The average Bonchev–Trinajstić information content (AvgIpc) is 3.21. The molecule has 2 aliphatic rings. The third-order valence-electron chi connectivity index (χ3n) is 5.18. The van der Waals surface area contributed by atoms with E-state index in [2.05, 4.69) is 9.88 Å². The summed E-state index contributed by atoms with van der Waals surface area (Å²) in [6.45, 7) is 2.98. The minimum Gasteiger partial charge on any atom is -0.507 e. The first kappa shape index (κ1) is 16.8. The lowest BCUT2D eigenvalue weighted by atomic mass is 10.1. The van der Waals surface area contributed by atoms with Crippen molar-refractivity contribution >= 4 is 28.6 Å². The minimum atomic E-state index is -0.318. The lowest BCUT2D eigenvalue weighted by Crippen LogP contribution is -2.36. The van der Waals surface area contributed by atoms with Crippen molar-refractivity contribution in [1.29, 1.82) is 0 Å². The Morgan fingerprint density at radius 2 is 2.04 bits per heavy atom. The number of aryl methyl sites for hydroxylation is 1. The van der Waals surface area contributed by atoms with Crippen molar-refractivity contribution in [1.82, 2.24) is 9.55 Å². The van der Waals surface area contributed by atoms with Crippen molar-refractivity contribution in [3.05, 3.63) is 53.5 Å². The van der Waals surface area contributed by atoms with Gasteiger partial charge in [-0.25, -0.2) is 4.98 Å². The van der Waals surface area contributed by atoms with Crippen LogP contribution >= 0.6 is 0 Å². The van der Waals surface area contributed by atoms with Crippen LogP contribution in [0.5, 0.6) is 11.5 Å². The fourth-order valence-corrected chi connectivity index (χ4v) is 3.85. The summed E-state index contributed by atoms with van der Waals surface area (Å²) >= 11 is 0. The number of aromatic nitrogens is 2. The highest BCUT2D eigenvalue weighted by molar-refractivity contribution is 6.17. The zero-order valence-corrected chi connectivity index (χ0v) is 15.4. The number of allylic oxidation sites excluding steroid dienone is 1. The Morgan fingerprint density at radius 3 is 2.82 bits per heavy atom. The van der Waals surface area contributed by atoms with E-state index in [9.17, 15) is 9.90 Å². The second-order valence-electron chi connectivity index (χ2n) is 6.91.